The lowest BCUT2D eigenvalue weighted by Crippen LogP contribution is -2.42. The Bertz CT molecular complexity index is 1710. The first-order chi connectivity index (χ1) is 31.2. The molecule has 1 rings (SSSR count). The minimum Gasteiger partial charge on any atom is -0.481 e. The number of hydrogen-bond acceptors (Lipinski definition) is 16. The Kier molecular flexibility index (Phi) is 32.8. The molecule has 0 saturated carbocycles. The summed E-state index contributed by atoms with van der Waals surface area (Å²) in [7, 11) is 0. The van der Waals surface area contributed by atoms with Gasteiger partial charge in [-0.25, -0.2) is 4.79 Å². The van der Waals surface area contributed by atoms with E-state index in [4.69, 9.17) is 52.6 Å². The summed E-state index contributed by atoms with van der Waals surface area (Å²) < 4.78 is 43.0. The Labute approximate surface area is 387 Å². The van der Waals surface area contributed by atoms with Gasteiger partial charge < -0.3 is 64.3 Å². The van der Waals surface area contributed by atoms with E-state index in [1.54, 1.807) is 39.0 Å². The number of hydrogen-bond donors (Lipinski definition) is 5. The van der Waals surface area contributed by atoms with Crippen LogP contribution < -0.4 is 26.0 Å². The second-order valence-corrected chi connectivity index (χ2v) is 16.4. The number of carbonyl (C=O) groups excluding carboxylic acids is 7. The maximum atomic E-state index is 12.9. The van der Waals surface area contributed by atoms with Gasteiger partial charge in [0.05, 0.1) is 97.8 Å². The van der Waals surface area contributed by atoms with E-state index in [0.29, 0.717) is 38.3 Å². The number of carbonyl (C=O) groups is 6. The Morgan fingerprint density at radius 3 is 1.58 bits per heavy atom. The van der Waals surface area contributed by atoms with Crippen LogP contribution in [0, 0.1) is 23.2 Å². The third kappa shape index (κ3) is 35.8. The number of esters is 1. The van der Waals surface area contributed by atoms with Gasteiger partial charge in [0.2, 0.25) is 5.91 Å². The highest BCUT2D eigenvalue weighted by atomic mass is 16.6. The van der Waals surface area contributed by atoms with E-state index in [1.807, 2.05) is 0 Å². The fourth-order valence-electron chi connectivity index (χ4n) is 5.07. The highest BCUT2D eigenvalue weighted by Crippen LogP contribution is 2.31. The van der Waals surface area contributed by atoms with Gasteiger partial charge in [0.15, 0.2) is 5.75 Å². The number of rotatable bonds is 31. The molecule has 0 heterocycles. The van der Waals surface area contributed by atoms with Crippen LogP contribution in [0.3, 0.4) is 0 Å². The molecule has 4 amide bonds. The molecule has 21 nitrogen and oxygen atoms in total. The molecule has 0 aromatic heterocycles. The summed E-state index contributed by atoms with van der Waals surface area (Å²) in [5.74, 6) is 1.79. The van der Waals surface area contributed by atoms with E-state index in [-0.39, 0.29) is 121 Å². The van der Waals surface area contributed by atoms with Crippen molar-refractivity contribution in [2.75, 3.05) is 97.7 Å². The number of carboxylic acid groups (broad SMARTS) is 1. The van der Waals surface area contributed by atoms with E-state index >= 15 is 0 Å². The highest BCUT2D eigenvalue weighted by Gasteiger charge is 2.27. The van der Waals surface area contributed by atoms with Gasteiger partial charge in [-0.2, -0.15) is 9.59 Å². The van der Waals surface area contributed by atoms with Crippen LogP contribution in [0.15, 0.2) is 18.2 Å². The van der Waals surface area contributed by atoms with Crippen LogP contribution in [0.5, 0.6) is 5.75 Å². The topological polar surface area (TPSA) is 279 Å². The first-order valence-corrected chi connectivity index (χ1v) is 21.5. The lowest BCUT2D eigenvalue weighted by molar-refractivity contribution is -0.191. The summed E-state index contributed by atoms with van der Waals surface area (Å²) >= 11 is 0. The van der Waals surface area contributed by atoms with E-state index in [2.05, 4.69) is 60.8 Å². The van der Waals surface area contributed by atoms with Crippen LogP contribution in [-0.2, 0) is 73.1 Å². The van der Waals surface area contributed by atoms with E-state index in [1.165, 1.54) is 6.92 Å². The Hall–Kier alpha value is -5.46. The van der Waals surface area contributed by atoms with Crippen LogP contribution in [0.25, 0.3) is 0 Å². The largest absolute Gasteiger partial charge is 0.481 e. The van der Waals surface area contributed by atoms with Crippen molar-refractivity contribution in [3.8, 4) is 17.6 Å². The number of amides is 4. The molecule has 0 fully saturated rings. The van der Waals surface area contributed by atoms with Crippen LogP contribution in [0.4, 0.5) is 10.5 Å². The smallest absolute Gasteiger partial charge is 0.407 e. The summed E-state index contributed by atoms with van der Waals surface area (Å²) in [5.41, 5.74) is 0.483. The van der Waals surface area contributed by atoms with Crippen molar-refractivity contribution in [3.05, 3.63) is 23.8 Å². The number of aliphatic carboxylic acids is 1. The molecule has 2 atom stereocenters. The third-order valence-corrected chi connectivity index (χ3v) is 8.67. The van der Waals surface area contributed by atoms with Crippen molar-refractivity contribution in [2.45, 2.75) is 92.7 Å². The van der Waals surface area contributed by atoms with Gasteiger partial charge in [-0.1, -0.05) is 33.8 Å². The number of carboxylic acids is 1. The lowest BCUT2D eigenvalue weighted by atomic mass is 9.78. The highest BCUT2D eigenvalue weighted by molar-refractivity contribution is 6.02. The van der Waals surface area contributed by atoms with E-state index in [9.17, 15) is 28.8 Å². The molecule has 21 heteroatoms. The Morgan fingerprint density at radius 1 is 0.682 bits per heavy atom. The van der Waals surface area contributed by atoms with Crippen LogP contribution in [-0.4, -0.2) is 151 Å². The molecule has 1 aromatic rings. The molecule has 0 spiro atoms. The number of nitrogens with one attached hydrogen (secondary N) is 4. The van der Waals surface area contributed by atoms with Crippen LogP contribution >= 0.6 is 0 Å². The van der Waals surface area contributed by atoms with Crippen molar-refractivity contribution in [1.29, 1.82) is 0 Å². The number of anilines is 1. The normalized spacial score (nSPS) is 11.8. The molecule has 1 unspecified atom stereocenters. The first-order valence-electron chi connectivity index (χ1n) is 21.5. The van der Waals surface area contributed by atoms with Gasteiger partial charge in [-0.3, -0.25) is 24.0 Å². The summed E-state index contributed by atoms with van der Waals surface area (Å²) in [4.78, 5) is 87.7. The minimum absolute atomic E-state index is 0.00384. The molecule has 0 radical (unpaired) electrons. The molecule has 5 N–H and O–H groups in total. The number of ether oxygens (including phenoxy) is 8. The number of alkyl carbamates (subject to hydrolysis) is 1. The summed E-state index contributed by atoms with van der Waals surface area (Å²) in [6.07, 6.45) is 0.842. The van der Waals surface area contributed by atoms with Gasteiger partial charge in [0, 0.05) is 37.9 Å². The monoisotopic (exact) mass is 938 g/mol. The number of benzene rings is 1. The summed E-state index contributed by atoms with van der Waals surface area (Å²) in [6.45, 7) is 18.6. The molecule has 0 aliphatic heterocycles. The van der Waals surface area contributed by atoms with E-state index in [0.717, 1.165) is 5.56 Å². The van der Waals surface area contributed by atoms with Crippen molar-refractivity contribution in [2.24, 2.45) is 11.3 Å². The summed E-state index contributed by atoms with van der Waals surface area (Å²) in [5, 5.41) is 19.4. The van der Waals surface area contributed by atoms with Gasteiger partial charge in [-0.05, 0) is 62.6 Å². The first kappa shape index (κ1) is 60.5. The predicted octanol–water partition coefficient (Wildman–Crippen LogP) is 2.68. The minimum atomic E-state index is -0.922. The van der Waals surface area contributed by atoms with Crippen molar-refractivity contribution < 1.29 is 81.4 Å². The zero-order chi connectivity index (χ0) is 49.8. The quantitative estimate of drug-likeness (QED) is 0.0310. The average molecular weight is 939 g/mol. The molecule has 0 aliphatic carbocycles. The fourth-order valence-corrected chi connectivity index (χ4v) is 5.07. The molecular weight excluding hydrogens is 869 g/mol. The molecule has 0 bridgehead atoms. The van der Waals surface area contributed by atoms with Gasteiger partial charge >= 0.3 is 24.2 Å². The molecule has 1 aromatic carbocycles. The average Bonchev–Trinajstić information content (AvgIpc) is 3.20. The predicted molar refractivity (Wildman–Crippen MR) is 237 cm³/mol. The van der Waals surface area contributed by atoms with Crippen LogP contribution in [0.2, 0.25) is 0 Å². The van der Waals surface area contributed by atoms with Gasteiger partial charge in [0.1, 0.15) is 5.60 Å². The third-order valence-electron chi connectivity index (χ3n) is 8.67. The lowest BCUT2D eigenvalue weighted by Gasteiger charge is -2.32. The van der Waals surface area contributed by atoms with Gasteiger partial charge in [-0.15, -0.1) is 0 Å². The molecule has 372 valence electrons. The molecule has 66 heavy (non-hydrogen) atoms. The maximum Gasteiger partial charge on any atom is 0.407 e. The Balaban J connectivity index is 0.0000137. The zero-order valence-corrected chi connectivity index (χ0v) is 39.6. The SMILES string of the molecule is CC(=O)Oc1ccc(C[C@@H](CC(C)C(C)(C)C)NC(=O)OC(C)(C)C)cc1NC(=O)CCOCCOCCOCCNC(=O)C#CC(=O)NCCOCCOCCOCCC(=O)O.O=C=O. The summed E-state index contributed by atoms with van der Waals surface area (Å²) in [6, 6.07) is 4.89. The zero-order valence-electron chi connectivity index (χ0n) is 39.6. The fraction of sp³-hybridized carbons (Fsp3) is 0.667. The second-order valence-electron chi connectivity index (χ2n) is 16.4. The molecule has 0 saturated heterocycles. The van der Waals surface area contributed by atoms with Crippen LogP contribution in [0.1, 0.15) is 80.2 Å². The maximum absolute atomic E-state index is 12.9. The van der Waals surface area contributed by atoms with Crippen molar-refractivity contribution >= 4 is 47.6 Å². The molecule has 0 aliphatic rings. The second kappa shape index (κ2) is 35.8. The van der Waals surface area contributed by atoms with Crippen molar-refractivity contribution in [1.82, 2.24) is 16.0 Å². The van der Waals surface area contributed by atoms with Gasteiger partial charge in [0.25, 0.3) is 11.8 Å². The van der Waals surface area contributed by atoms with Crippen molar-refractivity contribution in [3.63, 3.8) is 0 Å². The Morgan fingerprint density at radius 2 is 1.14 bits per heavy atom. The molecular formula is C45H70N4O17. The standard InChI is InChI=1S/C44H70N4O15.CO2/c1-32(43(3,4)5)29-35(47-42(55)63-44(6,7)8)30-34-9-10-37(62-33(2)49)36(31-34)48-40(52)13-17-56-21-25-60-27-23-58-19-15-45-38(50)11-12-39(51)46-16-20-59-24-28-61-26-22-57-18-14-41(53)54;2-1-3/h9-10,31-32,35H,13-30H2,1-8H3,(H,45,50)(H,46,51)(H,47,55)(H,48,52)(H,53,54);/t32?,35-;/m1./s1. The van der Waals surface area contributed by atoms with E-state index < -0.39 is 35.4 Å².